The number of hydrogen-bond acceptors (Lipinski definition) is 5. The van der Waals surface area contributed by atoms with Crippen LogP contribution in [0.15, 0.2) is 46.9 Å². The van der Waals surface area contributed by atoms with Crippen molar-refractivity contribution >= 4 is 27.9 Å². The van der Waals surface area contributed by atoms with E-state index >= 15 is 0 Å². The molecule has 0 N–H and O–H groups in total. The molecule has 6 heteroatoms. The van der Waals surface area contributed by atoms with Crippen molar-refractivity contribution in [2.75, 3.05) is 13.2 Å². The smallest absolute Gasteiger partial charge is 0.343 e. The van der Waals surface area contributed by atoms with Crippen molar-refractivity contribution in [2.24, 2.45) is 11.8 Å². The molecule has 0 heterocycles. The molecule has 0 atom stereocenters. The van der Waals surface area contributed by atoms with Crippen molar-refractivity contribution < 1.29 is 23.8 Å². The van der Waals surface area contributed by atoms with Crippen LogP contribution >= 0.6 is 15.9 Å². The Bertz CT molecular complexity index is 845. The van der Waals surface area contributed by atoms with Gasteiger partial charge in [-0.3, -0.25) is 0 Å². The second-order valence-corrected chi connectivity index (χ2v) is 8.44. The number of benzene rings is 2. The highest BCUT2D eigenvalue weighted by molar-refractivity contribution is 9.10. The number of rotatable bonds is 9. The second kappa shape index (κ2) is 11.0. The quantitative estimate of drug-likeness (QED) is 0.342. The molecule has 0 amide bonds. The Morgan fingerprint density at radius 2 is 1.66 bits per heavy atom. The molecule has 0 spiro atoms. The Morgan fingerprint density at radius 1 is 0.931 bits per heavy atom. The maximum Gasteiger partial charge on any atom is 0.343 e. The predicted octanol–water partition coefficient (Wildman–Crippen LogP) is 5.91. The monoisotopic (exact) mass is 462 g/mol. The van der Waals surface area contributed by atoms with Crippen LogP contribution in [0, 0.1) is 11.8 Å². The van der Waals surface area contributed by atoms with Crippen LogP contribution in [0.5, 0.6) is 11.5 Å². The minimum absolute atomic E-state index is 0.246. The molecular weight excluding hydrogens is 436 g/mol. The summed E-state index contributed by atoms with van der Waals surface area (Å²) in [6, 6.07) is 11.4. The summed E-state index contributed by atoms with van der Waals surface area (Å²) < 4.78 is 17.0. The van der Waals surface area contributed by atoms with Crippen LogP contribution in [-0.2, 0) is 4.74 Å². The molecule has 0 aliphatic heterocycles. The lowest BCUT2D eigenvalue weighted by molar-refractivity contribution is 0.0457. The summed E-state index contributed by atoms with van der Waals surface area (Å²) in [5.41, 5.74) is 0.715. The van der Waals surface area contributed by atoms with E-state index in [1.54, 1.807) is 36.4 Å². The minimum Gasteiger partial charge on any atom is -0.492 e. The van der Waals surface area contributed by atoms with E-state index in [1.165, 1.54) is 6.07 Å². The van der Waals surface area contributed by atoms with Crippen LogP contribution in [0.2, 0.25) is 0 Å². The molecule has 0 aliphatic carbocycles. The first-order valence-electron chi connectivity index (χ1n) is 9.68. The average Bonchev–Trinajstić information content (AvgIpc) is 2.67. The molecule has 0 saturated carbocycles. The third kappa shape index (κ3) is 7.54. The largest absolute Gasteiger partial charge is 0.492 e. The number of carbonyl (C=O) groups is 2. The van der Waals surface area contributed by atoms with Crippen molar-refractivity contribution in [1.29, 1.82) is 0 Å². The summed E-state index contributed by atoms with van der Waals surface area (Å²) in [5, 5.41) is 0. The summed E-state index contributed by atoms with van der Waals surface area (Å²) in [5.74, 6) is 0.797. The van der Waals surface area contributed by atoms with Crippen LogP contribution < -0.4 is 9.47 Å². The highest BCUT2D eigenvalue weighted by Gasteiger charge is 2.14. The number of esters is 2. The van der Waals surface area contributed by atoms with E-state index in [2.05, 4.69) is 29.8 Å². The maximum absolute atomic E-state index is 12.5. The number of halogens is 1. The Balaban J connectivity index is 2.02. The molecule has 0 aliphatic rings. The summed E-state index contributed by atoms with van der Waals surface area (Å²) >= 11 is 3.43. The summed E-state index contributed by atoms with van der Waals surface area (Å²) in [6.45, 7) is 9.14. The van der Waals surface area contributed by atoms with E-state index in [1.807, 2.05) is 13.8 Å². The van der Waals surface area contributed by atoms with E-state index in [0.29, 0.717) is 40.5 Å². The zero-order chi connectivity index (χ0) is 21.4. The lowest BCUT2D eigenvalue weighted by atomic mass is 10.1. The van der Waals surface area contributed by atoms with Crippen LogP contribution in [0.1, 0.15) is 54.8 Å². The SMILES string of the molecule is CC(C)CCOc1ccc(C(=O)Oc2cccc(C(=O)OCC(C)C)c2)cc1Br. The van der Waals surface area contributed by atoms with E-state index in [0.717, 1.165) is 6.42 Å². The average molecular weight is 463 g/mol. The topological polar surface area (TPSA) is 61.8 Å². The van der Waals surface area contributed by atoms with Crippen molar-refractivity contribution in [3.8, 4) is 11.5 Å². The molecule has 2 rings (SSSR count). The molecular formula is C23H27BrO5. The highest BCUT2D eigenvalue weighted by atomic mass is 79.9. The molecule has 0 bridgehead atoms. The molecule has 0 radical (unpaired) electrons. The predicted molar refractivity (Wildman–Crippen MR) is 116 cm³/mol. The van der Waals surface area contributed by atoms with E-state index in [9.17, 15) is 9.59 Å². The Labute approximate surface area is 180 Å². The minimum atomic E-state index is -0.521. The van der Waals surface area contributed by atoms with Gasteiger partial charge in [0.1, 0.15) is 11.5 Å². The molecule has 0 saturated heterocycles. The summed E-state index contributed by atoms with van der Waals surface area (Å²) in [7, 11) is 0. The fourth-order valence-corrected chi connectivity index (χ4v) is 2.82. The van der Waals surface area contributed by atoms with Gasteiger partial charge < -0.3 is 14.2 Å². The van der Waals surface area contributed by atoms with Gasteiger partial charge >= 0.3 is 11.9 Å². The molecule has 0 unspecified atom stereocenters. The van der Waals surface area contributed by atoms with Gasteiger partial charge in [-0.1, -0.05) is 33.8 Å². The van der Waals surface area contributed by atoms with Crippen LogP contribution in [0.25, 0.3) is 0 Å². The zero-order valence-corrected chi connectivity index (χ0v) is 18.8. The molecule has 0 fully saturated rings. The third-order valence-corrected chi connectivity index (χ3v) is 4.57. The van der Waals surface area contributed by atoms with Gasteiger partial charge in [0.05, 0.1) is 28.8 Å². The number of ether oxygens (including phenoxy) is 3. The van der Waals surface area contributed by atoms with Crippen molar-refractivity contribution in [3.05, 3.63) is 58.1 Å². The van der Waals surface area contributed by atoms with E-state index in [-0.39, 0.29) is 11.7 Å². The molecule has 0 aromatic heterocycles. The van der Waals surface area contributed by atoms with Gasteiger partial charge in [-0.05, 0) is 70.6 Å². The standard InChI is InChI=1S/C23H27BrO5/c1-15(2)10-11-27-21-9-8-18(13-20(21)24)23(26)29-19-7-5-6-17(12-19)22(25)28-14-16(3)4/h5-9,12-13,15-16H,10-11,14H2,1-4H3. The Hall–Kier alpha value is -2.34. The third-order valence-electron chi connectivity index (χ3n) is 3.95. The second-order valence-electron chi connectivity index (χ2n) is 7.59. The fraction of sp³-hybridized carbons (Fsp3) is 0.391. The van der Waals surface area contributed by atoms with Gasteiger partial charge in [0.25, 0.3) is 0 Å². The molecule has 156 valence electrons. The van der Waals surface area contributed by atoms with Gasteiger partial charge in [0.2, 0.25) is 0 Å². The van der Waals surface area contributed by atoms with Crippen LogP contribution in [0.3, 0.4) is 0 Å². The lowest BCUT2D eigenvalue weighted by Crippen LogP contribution is -2.12. The Kier molecular flexibility index (Phi) is 8.70. The van der Waals surface area contributed by atoms with E-state index in [4.69, 9.17) is 14.2 Å². The van der Waals surface area contributed by atoms with Crippen molar-refractivity contribution in [2.45, 2.75) is 34.1 Å². The number of hydrogen-bond donors (Lipinski definition) is 0. The fourth-order valence-electron chi connectivity index (χ4n) is 2.33. The van der Waals surface area contributed by atoms with E-state index < -0.39 is 11.9 Å². The molecule has 5 nitrogen and oxygen atoms in total. The van der Waals surface area contributed by atoms with Gasteiger partial charge in [-0.2, -0.15) is 0 Å². The molecule has 29 heavy (non-hydrogen) atoms. The van der Waals surface area contributed by atoms with Gasteiger partial charge in [-0.15, -0.1) is 0 Å². The zero-order valence-electron chi connectivity index (χ0n) is 17.2. The first-order valence-corrected chi connectivity index (χ1v) is 10.5. The highest BCUT2D eigenvalue weighted by Crippen LogP contribution is 2.27. The van der Waals surface area contributed by atoms with Crippen molar-refractivity contribution in [3.63, 3.8) is 0 Å². The molecule has 2 aromatic carbocycles. The molecule has 2 aromatic rings. The lowest BCUT2D eigenvalue weighted by Gasteiger charge is -2.11. The maximum atomic E-state index is 12.5. The Morgan fingerprint density at radius 3 is 2.31 bits per heavy atom. The van der Waals surface area contributed by atoms with Crippen molar-refractivity contribution in [1.82, 2.24) is 0 Å². The summed E-state index contributed by atoms with van der Waals surface area (Å²) in [6.07, 6.45) is 0.951. The first-order chi connectivity index (χ1) is 13.8. The first kappa shape index (κ1) is 22.9. The van der Waals surface area contributed by atoms with Crippen LogP contribution in [-0.4, -0.2) is 25.2 Å². The van der Waals surface area contributed by atoms with Gasteiger partial charge in [-0.25, -0.2) is 9.59 Å². The number of carbonyl (C=O) groups excluding carboxylic acids is 2. The van der Waals surface area contributed by atoms with Crippen LogP contribution in [0.4, 0.5) is 0 Å². The normalized spacial score (nSPS) is 10.9. The van der Waals surface area contributed by atoms with Gasteiger partial charge in [0, 0.05) is 0 Å². The summed E-state index contributed by atoms with van der Waals surface area (Å²) in [4.78, 5) is 24.6. The van der Waals surface area contributed by atoms with Gasteiger partial charge in [0.15, 0.2) is 0 Å².